The van der Waals surface area contributed by atoms with Crippen molar-refractivity contribution in [2.24, 2.45) is 0 Å². The second kappa shape index (κ2) is 8.20. The molecule has 0 saturated carbocycles. The third-order valence-corrected chi connectivity index (χ3v) is 5.01. The van der Waals surface area contributed by atoms with Gasteiger partial charge in [0.15, 0.2) is 4.32 Å². The standard InChI is InChI=1S/C20H15NO4S2/c1-2-11-25-16-9-3-13(4-10-16)12-17-18(22)21(20(26)27-17)15-7-5-14(6-8-15)19(23)24/h2-10,12H,1,11H2,(H,23,24). The summed E-state index contributed by atoms with van der Waals surface area (Å²) in [5.41, 5.74) is 1.54. The fourth-order valence-electron chi connectivity index (χ4n) is 2.41. The van der Waals surface area contributed by atoms with Gasteiger partial charge in [-0.25, -0.2) is 4.79 Å². The Balaban J connectivity index is 1.79. The molecule has 0 bridgehead atoms. The van der Waals surface area contributed by atoms with Crippen molar-refractivity contribution in [3.05, 3.63) is 77.2 Å². The summed E-state index contributed by atoms with van der Waals surface area (Å²) in [5.74, 6) is -0.537. The summed E-state index contributed by atoms with van der Waals surface area (Å²) in [6.07, 6.45) is 3.43. The highest BCUT2D eigenvalue weighted by Gasteiger charge is 2.33. The fourth-order valence-corrected chi connectivity index (χ4v) is 3.71. The Morgan fingerprint density at radius 2 is 1.85 bits per heavy atom. The molecule has 1 N–H and O–H groups in total. The molecule has 2 aromatic rings. The van der Waals surface area contributed by atoms with Crippen LogP contribution in [0, 0.1) is 0 Å². The SMILES string of the molecule is C=CCOc1ccc(C=C2SC(=S)N(c3ccc(C(=O)O)cc3)C2=O)cc1. The number of rotatable bonds is 6. The van der Waals surface area contributed by atoms with Gasteiger partial charge in [-0.1, -0.05) is 48.8 Å². The van der Waals surface area contributed by atoms with E-state index in [1.165, 1.54) is 28.8 Å². The van der Waals surface area contributed by atoms with E-state index in [1.807, 2.05) is 24.3 Å². The number of thioether (sulfide) groups is 1. The number of amides is 1. The van der Waals surface area contributed by atoms with Crippen molar-refractivity contribution in [2.75, 3.05) is 11.5 Å². The fraction of sp³-hybridized carbons (Fsp3) is 0.0500. The molecule has 1 fully saturated rings. The third-order valence-electron chi connectivity index (χ3n) is 3.71. The number of hydrogen-bond donors (Lipinski definition) is 1. The first-order valence-electron chi connectivity index (χ1n) is 7.94. The second-order valence-corrected chi connectivity index (χ2v) is 7.21. The molecule has 27 heavy (non-hydrogen) atoms. The minimum absolute atomic E-state index is 0.151. The lowest BCUT2D eigenvalue weighted by Crippen LogP contribution is -2.27. The van der Waals surface area contributed by atoms with Crippen LogP contribution in [0.1, 0.15) is 15.9 Å². The molecule has 0 unspecified atom stereocenters. The van der Waals surface area contributed by atoms with Crippen LogP contribution < -0.4 is 9.64 Å². The van der Waals surface area contributed by atoms with E-state index in [-0.39, 0.29) is 11.5 Å². The van der Waals surface area contributed by atoms with Gasteiger partial charge in [-0.3, -0.25) is 9.69 Å². The molecule has 5 nitrogen and oxygen atoms in total. The van der Waals surface area contributed by atoms with Gasteiger partial charge in [-0.2, -0.15) is 0 Å². The lowest BCUT2D eigenvalue weighted by molar-refractivity contribution is -0.113. The number of nitrogens with zero attached hydrogens (tertiary/aromatic N) is 1. The lowest BCUT2D eigenvalue weighted by Gasteiger charge is -2.14. The zero-order chi connectivity index (χ0) is 19.4. The molecule has 2 aromatic carbocycles. The number of carbonyl (C=O) groups excluding carboxylic acids is 1. The number of carboxylic acids is 1. The van der Waals surface area contributed by atoms with Crippen LogP contribution in [0.3, 0.4) is 0 Å². The molecule has 0 atom stereocenters. The average Bonchev–Trinajstić information content (AvgIpc) is 2.94. The molecular formula is C20H15NO4S2. The van der Waals surface area contributed by atoms with Crippen molar-refractivity contribution < 1.29 is 19.4 Å². The Morgan fingerprint density at radius 3 is 2.44 bits per heavy atom. The van der Waals surface area contributed by atoms with Gasteiger partial charge in [0.25, 0.3) is 5.91 Å². The summed E-state index contributed by atoms with van der Waals surface area (Å²) in [6, 6.07) is 13.4. The van der Waals surface area contributed by atoms with E-state index < -0.39 is 5.97 Å². The van der Waals surface area contributed by atoms with Crippen LogP contribution in [-0.4, -0.2) is 27.9 Å². The van der Waals surface area contributed by atoms with Gasteiger partial charge in [-0.05, 0) is 48.0 Å². The predicted octanol–water partition coefficient (Wildman–Crippen LogP) is 4.36. The third kappa shape index (κ3) is 4.27. The first-order valence-corrected chi connectivity index (χ1v) is 9.17. The molecule has 0 aliphatic carbocycles. The number of thiocarbonyl (C=S) groups is 1. The topological polar surface area (TPSA) is 66.8 Å². The number of anilines is 1. The molecule has 1 heterocycles. The number of ether oxygens (including phenoxy) is 1. The molecule has 1 aliphatic heterocycles. The van der Waals surface area contributed by atoms with Crippen molar-refractivity contribution in [2.45, 2.75) is 0 Å². The first kappa shape index (κ1) is 18.9. The van der Waals surface area contributed by atoms with Crippen molar-refractivity contribution in [1.82, 2.24) is 0 Å². The Kier molecular flexibility index (Phi) is 5.73. The highest BCUT2D eigenvalue weighted by atomic mass is 32.2. The van der Waals surface area contributed by atoms with Gasteiger partial charge in [0.05, 0.1) is 16.2 Å². The zero-order valence-electron chi connectivity index (χ0n) is 14.1. The smallest absolute Gasteiger partial charge is 0.335 e. The summed E-state index contributed by atoms with van der Waals surface area (Å²) < 4.78 is 5.84. The van der Waals surface area contributed by atoms with Crippen molar-refractivity contribution in [3.8, 4) is 5.75 Å². The predicted molar refractivity (Wildman–Crippen MR) is 111 cm³/mol. The molecule has 1 aliphatic rings. The van der Waals surface area contributed by atoms with Crippen LogP contribution in [0.2, 0.25) is 0 Å². The summed E-state index contributed by atoms with van der Waals surface area (Å²) in [5, 5.41) is 8.99. The average molecular weight is 397 g/mol. The van der Waals surface area contributed by atoms with Gasteiger partial charge in [0.2, 0.25) is 0 Å². The van der Waals surface area contributed by atoms with E-state index in [4.69, 9.17) is 22.1 Å². The Bertz CT molecular complexity index is 933. The van der Waals surface area contributed by atoms with E-state index >= 15 is 0 Å². The van der Waals surface area contributed by atoms with Crippen molar-refractivity contribution in [1.29, 1.82) is 0 Å². The highest BCUT2D eigenvalue weighted by Crippen LogP contribution is 2.36. The minimum atomic E-state index is -1.02. The maximum atomic E-state index is 12.7. The second-order valence-electron chi connectivity index (χ2n) is 5.54. The van der Waals surface area contributed by atoms with Crippen LogP contribution in [0.25, 0.3) is 6.08 Å². The van der Waals surface area contributed by atoms with E-state index in [0.29, 0.717) is 21.5 Å². The van der Waals surface area contributed by atoms with E-state index in [2.05, 4.69) is 6.58 Å². The number of carboxylic acid groups (broad SMARTS) is 1. The summed E-state index contributed by atoms with van der Waals surface area (Å²) in [7, 11) is 0. The minimum Gasteiger partial charge on any atom is -0.490 e. The Morgan fingerprint density at radius 1 is 1.19 bits per heavy atom. The molecule has 0 aromatic heterocycles. The lowest BCUT2D eigenvalue weighted by atomic mass is 10.2. The molecular weight excluding hydrogens is 382 g/mol. The molecule has 0 spiro atoms. The summed E-state index contributed by atoms with van der Waals surface area (Å²) in [4.78, 5) is 25.6. The van der Waals surface area contributed by atoms with Gasteiger partial charge < -0.3 is 9.84 Å². The van der Waals surface area contributed by atoms with E-state index in [0.717, 1.165) is 11.3 Å². The monoisotopic (exact) mass is 397 g/mol. The number of benzene rings is 2. The van der Waals surface area contributed by atoms with Gasteiger partial charge in [0, 0.05) is 0 Å². The van der Waals surface area contributed by atoms with Crippen LogP contribution in [0.4, 0.5) is 5.69 Å². The summed E-state index contributed by atoms with van der Waals surface area (Å²) in [6.45, 7) is 4.03. The Labute approximate surface area is 165 Å². The maximum Gasteiger partial charge on any atom is 0.335 e. The number of carbonyl (C=O) groups is 2. The van der Waals surface area contributed by atoms with Gasteiger partial charge >= 0.3 is 5.97 Å². The molecule has 7 heteroatoms. The quantitative estimate of drug-likeness (QED) is 0.444. The maximum absolute atomic E-state index is 12.7. The van der Waals surface area contributed by atoms with Crippen molar-refractivity contribution in [3.63, 3.8) is 0 Å². The first-order chi connectivity index (χ1) is 13.0. The number of hydrogen-bond acceptors (Lipinski definition) is 5. The van der Waals surface area contributed by atoms with Crippen LogP contribution in [0.15, 0.2) is 66.1 Å². The molecule has 136 valence electrons. The highest BCUT2D eigenvalue weighted by molar-refractivity contribution is 8.27. The Hall–Kier alpha value is -2.90. The van der Waals surface area contributed by atoms with Gasteiger partial charge in [0.1, 0.15) is 12.4 Å². The summed E-state index contributed by atoms with van der Waals surface area (Å²) >= 11 is 6.54. The molecule has 1 amide bonds. The zero-order valence-corrected chi connectivity index (χ0v) is 15.8. The largest absolute Gasteiger partial charge is 0.490 e. The van der Waals surface area contributed by atoms with Crippen LogP contribution in [0.5, 0.6) is 5.75 Å². The van der Waals surface area contributed by atoms with E-state index in [1.54, 1.807) is 24.3 Å². The van der Waals surface area contributed by atoms with Crippen LogP contribution in [-0.2, 0) is 4.79 Å². The van der Waals surface area contributed by atoms with Gasteiger partial charge in [-0.15, -0.1) is 0 Å². The number of aromatic carboxylic acids is 1. The molecule has 1 saturated heterocycles. The van der Waals surface area contributed by atoms with Crippen LogP contribution >= 0.6 is 24.0 Å². The van der Waals surface area contributed by atoms with Crippen molar-refractivity contribution >= 4 is 51.9 Å². The molecule has 0 radical (unpaired) electrons. The molecule has 3 rings (SSSR count). The van der Waals surface area contributed by atoms with E-state index in [9.17, 15) is 9.59 Å². The normalized spacial score (nSPS) is 15.3.